The molecule has 2 aromatic rings. The summed E-state index contributed by atoms with van der Waals surface area (Å²) in [6, 6.07) is 3.83. The quantitative estimate of drug-likeness (QED) is 0.660. The van der Waals surface area contributed by atoms with Gasteiger partial charge in [0.05, 0.1) is 12.4 Å². The van der Waals surface area contributed by atoms with Gasteiger partial charge in [-0.3, -0.25) is 0 Å². The lowest BCUT2D eigenvalue weighted by Gasteiger charge is -2.04. The van der Waals surface area contributed by atoms with Crippen LogP contribution in [0.2, 0.25) is 0 Å². The van der Waals surface area contributed by atoms with Gasteiger partial charge in [-0.05, 0) is 18.6 Å². The number of hydrogen-bond acceptors (Lipinski definition) is 4. The molecule has 0 atom stereocenters. The van der Waals surface area contributed by atoms with E-state index in [1.165, 1.54) is 4.80 Å². The van der Waals surface area contributed by atoms with E-state index < -0.39 is 0 Å². The van der Waals surface area contributed by atoms with Crippen LogP contribution in [-0.4, -0.2) is 20.0 Å². The minimum absolute atomic E-state index is 0.334. The predicted octanol–water partition coefficient (Wildman–Crippen LogP) is 0.842. The molecule has 68 valence electrons. The van der Waals surface area contributed by atoms with Crippen LogP contribution in [0.1, 0.15) is 11.3 Å². The number of rotatable bonds is 1. The first-order valence-corrected chi connectivity index (χ1v) is 4.05. The van der Waals surface area contributed by atoms with Gasteiger partial charge in [0.15, 0.2) is 5.69 Å². The Morgan fingerprint density at radius 3 is 2.64 bits per heavy atom. The smallest absolute Gasteiger partial charge is 0.168 e. The van der Waals surface area contributed by atoms with Crippen molar-refractivity contribution in [2.45, 2.75) is 6.92 Å². The molecule has 0 unspecified atom stereocenters. The van der Waals surface area contributed by atoms with Crippen LogP contribution in [0.4, 0.5) is 0 Å². The summed E-state index contributed by atoms with van der Waals surface area (Å²) in [5.41, 5.74) is 1.90. The Balaban J connectivity index is 2.69. The lowest BCUT2D eigenvalue weighted by atomic mass is 10.2. The van der Waals surface area contributed by atoms with E-state index >= 15 is 0 Å². The third kappa shape index (κ3) is 1.23. The van der Waals surface area contributed by atoms with Crippen molar-refractivity contribution in [3.63, 3.8) is 0 Å². The van der Waals surface area contributed by atoms with Gasteiger partial charge in [-0.1, -0.05) is 0 Å². The summed E-state index contributed by atoms with van der Waals surface area (Å²) in [7, 11) is 0. The Morgan fingerprint density at radius 2 is 2.00 bits per heavy atom. The molecule has 0 fully saturated rings. The molecular formula is C9H7N5. The summed E-state index contributed by atoms with van der Waals surface area (Å²) in [5, 5.41) is 16.8. The zero-order valence-corrected chi connectivity index (χ0v) is 7.55. The molecule has 0 aliphatic rings. The van der Waals surface area contributed by atoms with Gasteiger partial charge in [-0.15, -0.1) is 4.80 Å². The van der Waals surface area contributed by atoms with Crippen LogP contribution in [-0.2, 0) is 0 Å². The van der Waals surface area contributed by atoms with Crippen molar-refractivity contribution in [2.24, 2.45) is 0 Å². The molecule has 14 heavy (non-hydrogen) atoms. The average Bonchev–Trinajstić information content (AvgIpc) is 2.70. The van der Waals surface area contributed by atoms with E-state index in [0.29, 0.717) is 11.4 Å². The zero-order chi connectivity index (χ0) is 9.97. The first-order valence-electron chi connectivity index (χ1n) is 4.05. The second-order valence-electron chi connectivity index (χ2n) is 2.76. The van der Waals surface area contributed by atoms with Crippen LogP contribution in [0.25, 0.3) is 5.69 Å². The number of aromatic nitrogens is 4. The largest absolute Gasteiger partial charge is 0.243 e. The molecule has 0 saturated carbocycles. The second-order valence-corrected chi connectivity index (χ2v) is 2.76. The highest BCUT2D eigenvalue weighted by molar-refractivity contribution is 5.47. The summed E-state index contributed by atoms with van der Waals surface area (Å²) in [6.45, 7) is 1.89. The highest BCUT2D eigenvalue weighted by Crippen LogP contribution is 2.13. The van der Waals surface area contributed by atoms with Gasteiger partial charge in [-0.25, -0.2) is 4.98 Å². The van der Waals surface area contributed by atoms with Crippen LogP contribution in [0, 0.1) is 18.3 Å². The van der Waals surface area contributed by atoms with Gasteiger partial charge in [0.1, 0.15) is 11.8 Å². The molecule has 0 aliphatic heterocycles. The lowest BCUT2D eigenvalue weighted by Crippen LogP contribution is -2.05. The monoisotopic (exact) mass is 185 g/mol. The Morgan fingerprint density at radius 1 is 1.29 bits per heavy atom. The summed E-state index contributed by atoms with van der Waals surface area (Å²) >= 11 is 0. The van der Waals surface area contributed by atoms with E-state index in [2.05, 4.69) is 15.2 Å². The van der Waals surface area contributed by atoms with Gasteiger partial charge in [0, 0.05) is 6.20 Å². The minimum atomic E-state index is 0.334. The van der Waals surface area contributed by atoms with Gasteiger partial charge in [0.25, 0.3) is 0 Å². The second kappa shape index (κ2) is 3.26. The van der Waals surface area contributed by atoms with Gasteiger partial charge in [0.2, 0.25) is 0 Å². The molecule has 2 heterocycles. The van der Waals surface area contributed by atoms with E-state index in [1.807, 2.05) is 19.1 Å². The van der Waals surface area contributed by atoms with Gasteiger partial charge >= 0.3 is 0 Å². The normalized spacial score (nSPS) is 9.71. The molecule has 0 spiro atoms. The summed E-state index contributed by atoms with van der Waals surface area (Å²) in [6.07, 6.45) is 4.72. The molecular weight excluding hydrogens is 178 g/mol. The fourth-order valence-electron chi connectivity index (χ4n) is 1.22. The van der Waals surface area contributed by atoms with Crippen LogP contribution >= 0.6 is 0 Å². The minimum Gasteiger partial charge on any atom is -0.243 e. The van der Waals surface area contributed by atoms with Crippen LogP contribution in [0.15, 0.2) is 24.7 Å². The number of hydrogen-bond donors (Lipinski definition) is 0. The molecule has 0 amide bonds. The average molecular weight is 185 g/mol. The maximum absolute atomic E-state index is 8.86. The third-order valence-corrected chi connectivity index (χ3v) is 1.85. The van der Waals surface area contributed by atoms with Crippen molar-refractivity contribution in [2.75, 3.05) is 0 Å². The van der Waals surface area contributed by atoms with Crippen molar-refractivity contribution >= 4 is 0 Å². The first-order chi connectivity index (χ1) is 6.83. The molecule has 5 heteroatoms. The summed E-state index contributed by atoms with van der Waals surface area (Å²) < 4.78 is 0. The van der Waals surface area contributed by atoms with Crippen molar-refractivity contribution in [3.05, 3.63) is 35.9 Å². The molecule has 0 aliphatic carbocycles. The Hall–Kier alpha value is -2.22. The first kappa shape index (κ1) is 8.38. The number of nitrogens with zero attached hydrogens (tertiary/aromatic N) is 5. The van der Waals surface area contributed by atoms with E-state index in [4.69, 9.17) is 5.26 Å². The Bertz CT molecular complexity index is 480. The van der Waals surface area contributed by atoms with Crippen molar-refractivity contribution in [1.82, 2.24) is 20.0 Å². The van der Waals surface area contributed by atoms with Crippen molar-refractivity contribution < 1.29 is 0 Å². The van der Waals surface area contributed by atoms with E-state index in [0.717, 1.165) is 5.56 Å². The van der Waals surface area contributed by atoms with Crippen molar-refractivity contribution in [1.29, 1.82) is 5.26 Å². The van der Waals surface area contributed by atoms with Gasteiger partial charge in [-0.2, -0.15) is 15.5 Å². The molecule has 0 N–H and O–H groups in total. The molecule has 2 rings (SSSR count). The van der Waals surface area contributed by atoms with Gasteiger partial charge < -0.3 is 0 Å². The molecule has 0 bridgehead atoms. The van der Waals surface area contributed by atoms with E-state index in [1.54, 1.807) is 18.6 Å². The number of nitriles is 1. The van der Waals surface area contributed by atoms with Crippen LogP contribution < -0.4 is 0 Å². The zero-order valence-electron chi connectivity index (χ0n) is 7.55. The summed E-state index contributed by atoms with van der Waals surface area (Å²) in [5.74, 6) is 0. The van der Waals surface area contributed by atoms with Crippen LogP contribution in [0.3, 0.4) is 0 Å². The molecule has 0 saturated heterocycles. The fraction of sp³-hybridized carbons (Fsp3) is 0.111. The van der Waals surface area contributed by atoms with Crippen molar-refractivity contribution in [3.8, 4) is 11.8 Å². The third-order valence-electron chi connectivity index (χ3n) is 1.85. The summed E-state index contributed by atoms with van der Waals surface area (Å²) in [4.78, 5) is 5.36. The Kier molecular flexibility index (Phi) is 1.95. The van der Waals surface area contributed by atoms with E-state index in [-0.39, 0.29) is 0 Å². The predicted molar refractivity (Wildman–Crippen MR) is 48.6 cm³/mol. The topological polar surface area (TPSA) is 67.4 Å². The van der Waals surface area contributed by atoms with Crippen LogP contribution in [0.5, 0.6) is 0 Å². The highest BCUT2D eigenvalue weighted by Gasteiger charge is 2.09. The molecule has 0 aromatic carbocycles. The number of pyridine rings is 1. The van der Waals surface area contributed by atoms with E-state index in [9.17, 15) is 0 Å². The molecule has 5 nitrogen and oxygen atoms in total. The standard InChI is InChI=1S/C9H7N5/c1-7-2-3-11-8(6-10)9(7)14-12-4-5-13-14/h2-5H,1H3. The Labute approximate surface area is 80.6 Å². The molecule has 0 radical (unpaired) electrons. The fourth-order valence-corrected chi connectivity index (χ4v) is 1.22. The highest BCUT2D eigenvalue weighted by atomic mass is 15.5. The lowest BCUT2D eigenvalue weighted by molar-refractivity contribution is 0.740. The number of aryl methyl sites for hydroxylation is 1. The maximum atomic E-state index is 8.86. The molecule has 2 aromatic heterocycles. The maximum Gasteiger partial charge on any atom is 0.168 e. The SMILES string of the molecule is Cc1ccnc(C#N)c1-n1nccn1.